The Morgan fingerprint density at radius 3 is 2.52 bits per heavy atom. The van der Waals surface area contributed by atoms with Gasteiger partial charge in [0.15, 0.2) is 0 Å². The highest BCUT2D eigenvalue weighted by Gasteiger charge is 2.18. The van der Waals surface area contributed by atoms with Gasteiger partial charge in [0.25, 0.3) is 15.9 Å². The zero-order valence-corrected chi connectivity index (χ0v) is 17.1. The average Bonchev–Trinajstić information content (AvgIpc) is 2.67. The molecule has 0 aliphatic heterocycles. The first kappa shape index (κ1) is 20.3. The number of benzene rings is 2. The van der Waals surface area contributed by atoms with Gasteiger partial charge in [0.2, 0.25) is 0 Å². The fourth-order valence-corrected chi connectivity index (χ4v) is 4.10. The van der Waals surface area contributed by atoms with Crippen LogP contribution >= 0.6 is 0 Å². The summed E-state index contributed by atoms with van der Waals surface area (Å²) in [5.41, 5.74) is 2.57. The predicted molar refractivity (Wildman–Crippen MR) is 112 cm³/mol. The van der Waals surface area contributed by atoms with Gasteiger partial charge in [0, 0.05) is 18.0 Å². The summed E-state index contributed by atoms with van der Waals surface area (Å²) < 4.78 is 33.1. The highest BCUT2D eigenvalue weighted by atomic mass is 32.2. The second-order valence-corrected chi connectivity index (χ2v) is 8.17. The molecule has 0 fully saturated rings. The number of pyridine rings is 1. The van der Waals surface area contributed by atoms with Crippen molar-refractivity contribution in [2.24, 2.45) is 0 Å². The Kier molecular flexibility index (Phi) is 5.84. The number of aromatic nitrogens is 1. The lowest BCUT2D eigenvalue weighted by Crippen LogP contribution is -2.16. The molecule has 0 saturated heterocycles. The quantitative estimate of drug-likeness (QED) is 0.644. The second kappa shape index (κ2) is 8.32. The monoisotopic (exact) mass is 411 g/mol. The van der Waals surface area contributed by atoms with Crippen molar-refractivity contribution in [1.82, 2.24) is 4.98 Å². The van der Waals surface area contributed by atoms with Crippen LogP contribution in [0.5, 0.6) is 5.75 Å². The topological polar surface area (TPSA) is 97.4 Å². The molecule has 0 saturated carbocycles. The van der Waals surface area contributed by atoms with E-state index in [1.807, 2.05) is 6.92 Å². The van der Waals surface area contributed by atoms with E-state index in [2.05, 4.69) is 15.0 Å². The van der Waals surface area contributed by atoms with Crippen LogP contribution in [0.3, 0.4) is 0 Å². The van der Waals surface area contributed by atoms with Crippen LogP contribution < -0.4 is 14.8 Å². The summed E-state index contributed by atoms with van der Waals surface area (Å²) in [6.07, 6.45) is 2.72. The van der Waals surface area contributed by atoms with Crippen LogP contribution in [0.2, 0.25) is 0 Å². The van der Waals surface area contributed by atoms with Crippen LogP contribution in [0.15, 0.2) is 65.8 Å². The molecule has 1 heterocycles. The number of ether oxygens (including phenoxy) is 1. The maximum atomic E-state index is 12.7. The van der Waals surface area contributed by atoms with Gasteiger partial charge in [0.1, 0.15) is 5.75 Å². The molecule has 29 heavy (non-hydrogen) atoms. The number of nitrogens with zero attached hydrogens (tertiary/aromatic N) is 1. The number of rotatable bonds is 6. The second-order valence-electron chi connectivity index (χ2n) is 6.52. The summed E-state index contributed by atoms with van der Waals surface area (Å²) in [5, 5.41) is 2.73. The molecule has 0 atom stereocenters. The lowest BCUT2D eigenvalue weighted by atomic mass is 10.2. The number of sulfonamides is 1. The van der Waals surface area contributed by atoms with E-state index in [1.165, 1.54) is 25.6 Å². The normalized spacial score (nSPS) is 11.0. The van der Waals surface area contributed by atoms with Gasteiger partial charge >= 0.3 is 0 Å². The first-order valence-electron chi connectivity index (χ1n) is 8.79. The zero-order valence-electron chi connectivity index (χ0n) is 16.3. The number of methoxy groups -OCH3 is 1. The third kappa shape index (κ3) is 4.91. The van der Waals surface area contributed by atoms with E-state index in [0.29, 0.717) is 17.0 Å². The Bertz CT molecular complexity index is 1160. The fourth-order valence-electron chi connectivity index (χ4n) is 2.83. The zero-order chi connectivity index (χ0) is 21.0. The molecule has 2 aromatic carbocycles. The van der Waals surface area contributed by atoms with Gasteiger partial charge in [-0.25, -0.2) is 8.42 Å². The fraction of sp³-hybridized carbons (Fsp3) is 0.143. The van der Waals surface area contributed by atoms with Crippen molar-refractivity contribution in [3.8, 4) is 5.75 Å². The summed E-state index contributed by atoms with van der Waals surface area (Å²) in [4.78, 5) is 16.7. The smallest absolute Gasteiger partial charge is 0.262 e. The number of carbonyl (C=O) groups is 1. The number of amides is 1. The van der Waals surface area contributed by atoms with E-state index in [-0.39, 0.29) is 16.1 Å². The lowest BCUT2D eigenvalue weighted by Gasteiger charge is -2.12. The molecule has 0 aliphatic rings. The Balaban J connectivity index is 1.80. The highest BCUT2D eigenvalue weighted by molar-refractivity contribution is 7.92. The van der Waals surface area contributed by atoms with Crippen molar-refractivity contribution >= 4 is 27.3 Å². The molecule has 1 amide bonds. The molecule has 0 bridgehead atoms. The molecule has 7 nitrogen and oxygen atoms in total. The minimum absolute atomic E-state index is 0.175. The lowest BCUT2D eigenvalue weighted by molar-refractivity contribution is 0.102. The van der Waals surface area contributed by atoms with Gasteiger partial charge in [0.05, 0.1) is 29.5 Å². The van der Waals surface area contributed by atoms with Gasteiger partial charge in [-0.1, -0.05) is 23.8 Å². The molecule has 0 aliphatic carbocycles. The van der Waals surface area contributed by atoms with Crippen LogP contribution in [-0.2, 0) is 10.0 Å². The molecule has 1 aromatic heterocycles. The van der Waals surface area contributed by atoms with Crippen molar-refractivity contribution in [1.29, 1.82) is 0 Å². The highest BCUT2D eigenvalue weighted by Crippen LogP contribution is 2.21. The van der Waals surface area contributed by atoms with Crippen molar-refractivity contribution in [3.05, 3.63) is 77.6 Å². The molecule has 3 rings (SSSR count). The van der Waals surface area contributed by atoms with Crippen LogP contribution in [0.25, 0.3) is 0 Å². The van der Waals surface area contributed by atoms with Crippen molar-refractivity contribution < 1.29 is 17.9 Å². The minimum atomic E-state index is -3.81. The molecule has 0 unspecified atom stereocenters. The van der Waals surface area contributed by atoms with E-state index in [0.717, 1.165) is 5.56 Å². The molecular formula is C21H21N3O4S. The number of nitrogens with one attached hydrogen (secondary N) is 2. The van der Waals surface area contributed by atoms with Crippen LogP contribution in [0.1, 0.15) is 21.5 Å². The Hall–Kier alpha value is -3.39. The summed E-state index contributed by atoms with van der Waals surface area (Å²) >= 11 is 0. The van der Waals surface area contributed by atoms with Gasteiger partial charge in [-0.3, -0.25) is 14.5 Å². The number of hydrogen-bond acceptors (Lipinski definition) is 5. The molecule has 0 spiro atoms. The van der Waals surface area contributed by atoms with E-state index in [4.69, 9.17) is 4.74 Å². The van der Waals surface area contributed by atoms with Crippen molar-refractivity contribution in [2.75, 3.05) is 17.1 Å². The third-order valence-electron chi connectivity index (χ3n) is 4.20. The molecule has 2 N–H and O–H groups in total. The molecule has 8 heteroatoms. The van der Waals surface area contributed by atoms with E-state index < -0.39 is 15.9 Å². The van der Waals surface area contributed by atoms with E-state index in [1.54, 1.807) is 49.4 Å². The number of aryl methyl sites for hydroxylation is 2. The molecule has 0 radical (unpaired) electrons. The summed E-state index contributed by atoms with van der Waals surface area (Å²) in [7, 11) is -2.27. The molecule has 150 valence electrons. The van der Waals surface area contributed by atoms with Gasteiger partial charge in [-0.15, -0.1) is 0 Å². The SMILES string of the molecule is COc1cccc(NC(=O)c2cncc(NS(=O)(=O)c3ccc(C)cc3C)c2)c1. The Labute approximate surface area is 169 Å². The standard InChI is InChI=1S/C21H21N3O4S/c1-14-7-8-20(15(2)9-14)29(26,27)24-18-10-16(12-22-13-18)21(25)23-17-5-4-6-19(11-17)28-3/h4-13,24H,1-3H3,(H,23,25). The summed E-state index contributed by atoms with van der Waals surface area (Å²) in [6.45, 7) is 3.63. The van der Waals surface area contributed by atoms with Crippen molar-refractivity contribution in [2.45, 2.75) is 18.7 Å². The van der Waals surface area contributed by atoms with Crippen LogP contribution in [0.4, 0.5) is 11.4 Å². The van der Waals surface area contributed by atoms with Crippen LogP contribution in [-0.4, -0.2) is 26.4 Å². The van der Waals surface area contributed by atoms with Gasteiger partial charge < -0.3 is 10.1 Å². The minimum Gasteiger partial charge on any atom is -0.497 e. The van der Waals surface area contributed by atoms with Gasteiger partial charge in [-0.05, 0) is 43.7 Å². The largest absolute Gasteiger partial charge is 0.497 e. The summed E-state index contributed by atoms with van der Waals surface area (Å²) in [6, 6.07) is 13.4. The molecular weight excluding hydrogens is 390 g/mol. The van der Waals surface area contributed by atoms with E-state index in [9.17, 15) is 13.2 Å². The third-order valence-corrected chi connectivity index (χ3v) is 5.74. The number of hydrogen-bond donors (Lipinski definition) is 2. The average molecular weight is 411 g/mol. The van der Waals surface area contributed by atoms with E-state index >= 15 is 0 Å². The number of carbonyl (C=O) groups excluding carboxylic acids is 1. The predicted octanol–water partition coefficient (Wildman–Crippen LogP) is 3.76. The summed E-state index contributed by atoms with van der Waals surface area (Å²) in [5.74, 6) is 0.189. The molecule has 3 aromatic rings. The maximum absolute atomic E-state index is 12.7. The first-order valence-corrected chi connectivity index (χ1v) is 10.3. The van der Waals surface area contributed by atoms with Crippen LogP contribution in [0, 0.1) is 13.8 Å². The number of anilines is 2. The Morgan fingerprint density at radius 2 is 1.79 bits per heavy atom. The Morgan fingerprint density at radius 1 is 1.00 bits per heavy atom. The van der Waals surface area contributed by atoms with Gasteiger partial charge in [-0.2, -0.15) is 0 Å². The van der Waals surface area contributed by atoms with Crippen molar-refractivity contribution in [3.63, 3.8) is 0 Å². The maximum Gasteiger partial charge on any atom is 0.262 e. The first-order chi connectivity index (χ1) is 13.8.